The minimum Gasteiger partial charge on any atom is -0.378 e. The Balaban J connectivity index is 1.41. The number of rotatable bonds is 5. The predicted molar refractivity (Wildman–Crippen MR) is 146 cm³/mol. The van der Waals surface area contributed by atoms with Crippen molar-refractivity contribution in [3.63, 3.8) is 0 Å². The van der Waals surface area contributed by atoms with Crippen LogP contribution in [0.3, 0.4) is 0 Å². The molecule has 0 spiro atoms. The second-order valence-electron chi connectivity index (χ2n) is 8.75. The van der Waals surface area contributed by atoms with Crippen LogP contribution in [-0.2, 0) is 4.74 Å². The molecule has 182 valence electrons. The number of thiocarbonyl (C=S) groups is 1. The van der Waals surface area contributed by atoms with E-state index in [0.29, 0.717) is 10.1 Å². The van der Waals surface area contributed by atoms with Gasteiger partial charge in [0.2, 0.25) is 0 Å². The van der Waals surface area contributed by atoms with E-state index in [0.717, 1.165) is 49.2 Å². The Morgan fingerprint density at radius 3 is 2.44 bits per heavy atom. The smallest absolute Gasteiger partial charge is 0.174 e. The normalized spacial score (nSPS) is 20.0. The number of pyridine rings is 2. The van der Waals surface area contributed by atoms with Gasteiger partial charge in [0, 0.05) is 48.7 Å². The van der Waals surface area contributed by atoms with E-state index in [1.165, 1.54) is 5.69 Å². The van der Waals surface area contributed by atoms with Crippen LogP contribution in [0.1, 0.15) is 23.5 Å². The lowest BCUT2D eigenvalue weighted by atomic mass is 10.0. The van der Waals surface area contributed by atoms with E-state index < -0.39 is 0 Å². The highest BCUT2D eigenvalue weighted by atomic mass is 35.5. The Hall–Kier alpha value is -3.46. The monoisotopic (exact) mass is 516 g/mol. The number of benzene rings is 1. The zero-order valence-electron chi connectivity index (χ0n) is 19.5. The van der Waals surface area contributed by atoms with Crippen molar-refractivity contribution in [3.05, 3.63) is 102 Å². The largest absolute Gasteiger partial charge is 0.378 e. The van der Waals surface area contributed by atoms with Crippen molar-refractivity contribution >= 4 is 40.3 Å². The Labute approximate surface area is 220 Å². The molecule has 7 nitrogen and oxygen atoms in total. The molecule has 3 aromatic heterocycles. The third kappa shape index (κ3) is 4.32. The minimum atomic E-state index is -0.144. The molecule has 2 aliphatic heterocycles. The van der Waals surface area contributed by atoms with Gasteiger partial charge in [-0.3, -0.25) is 4.98 Å². The zero-order valence-corrected chi connectivity index (χ0v) is 21.1. The number of aromatic nitrogens is 3. The third-order valence-electron chi connectivity index (χ3n) is 6.64. The van der Waals surface area contributed by atoms with Crippen molar-refractivity contribution in [2.45, 2.75) is 12.1 Å². The molecule has 0 aliphatic carbocycles. The zero-order chi connectivity index (χ0) is 24.5. The minimum absolute atomic E-state index is 0.140. The molecule has 2 atom stereocenters. The number of nitrogens with one attached hydrogen (secondary N) is 1. The van der Waals surface area contributed by atoms with Crippen molar-refractivity contribution in [3.8, 4) is 5.82 Å². The second-order valence-corrected chi connectivity index (χ2v) is 9.57. The van der Waals surface area contributed by atoms with E-state index in [1.807, 2.05) is 48.8 Å². The molecule has 9 heteroatoms. The van der Waals surface area contributed by atoms with Gasteiger partial charge in [0.05, 0.1) is 30.0 Å². The number of morpholine rings is 1. The molecule has 0 unspecified atom stereocenters. The molecule has 2 fully saturated rings. The number of halogens is 1. The molecule has 6 rings (SSSR count). The molecule has 0 radical (unpaired) electrons. The van der Waals surface area contributed by atoms with E-state index in [2.05, 4.69) is 60.0 Å². The van der Waals surface area contributed by atoms with Crippen molar-refractivity contribution in [1.29, 1.82) is 0 Å². The fraction of sp³-hybridized carbons (Fsp3) is 0.222. The van der Waals surface area contributed by atoms with Crippen LogP contribution >= 0.6 is 23.8 Å². The molecule has 0 saturated carbocycles. The Morgan fingerprint density at radius 1 is 0.917 bits per heavy atom. The summed E-state index contributed by atoms with van der Waals surface area (Å²) in [5, 5.41) is 4.80. The Kier molecular flexibility index (Phi) is 6.31. The fourth-order valence-corrected chi connectivity index (χ4v) is 5.39. The maximum absolute atomic E-state index is 6.11. The van der Waals surface area contributed by atoms with Crippen LogP contribution in [0.15, 0.2) is 85.3 Å². The lowest BCUT2D eigenvalue weighted by Gasteiger charge is -2.31. The summed E-state index contributed by atoms with van der Waals surface area (Å²) in [6.07, 6.45) is 5.50. The van der Waals surface area contributed by atoms with Gasteiger partial charge in [0.25, 0.3) is 0 Å². The van der Waals surface area contributed by atoms with Gasteiger partial charge in [0.15, 0.2) is 5.11 Å². The Bertz CT molecular complexity index is 1340. The number of hydrogen-bond donors (Lipinski definition) is 1. The van der Waals surface area contributed by atoms with Crippen LogP contribution in [0.25, 0.3) is 5.82 Å². The Morgan fingerprint density at radius 2 is 1.72 bits per heavy atom. The van der Waals surface area contributed by atoms with E-state index >= 15 is 0 Å². The first-order valence-corrected chi connectivity index (χ1v) is 12.7. The lowest BCUT2D eigenvalue weighted by molar-refractivity contribution is 0.122. The summed E-state index contributed by atoms with van der Waals surface area (Å²) < 4.78 is 7.59. The van der Waals surface area contributed by atoms with Gasteiger partial charge in [-0.2, -0.15) is 0 Å². The molecule has 5 heterocycles. The van der Waals surface area contributed by atoms with Crippen LogP contribution in [-0.4, -0.2) is 46.0 Å². The van der Waals surface area contributed by atoms with Gasteiger partial charge in [0.1, 0.15) is 11.9 Å². The molecule has 4 aromatic rings. The molecule has 1 aromatic carbocycles. The van der Waals surface area contributed by atoms with Crippen LogP contribution in [0.2, 0.25) is 5.02 Å². The molecule has 0 amide bonds. The molecule has 0 bridgehead atoms. The first kappa shape index (κ1) is 23.0. The van der Waals surface area contributed by atoms with E-state index in [4.69, 9.17) is 28.6 Å². The number of ether oxygens (including phenoxy) is 1. The SMILES string of the molecule is S=C1N[C@H](c2ccccn2)[C@H](c2cccn2-c2ccc(Cl)cn2)N1c1ccc(N2CCOCC2)cc1. The van der Waals surface area contributed by atoms with E-state index in [9.17, 15) is 0 Å². The maximum Gasteiger partial charge on any atom is 0.174 e. The van der Waals surface area contributed by atoms with Gasteiger partial charge in [-0.05, 0) is 72.9 Å². The summed E-state index contributed by atoms with van der Waals surface area (Å²) in [6, 6.07) is 22.2. The van der Waals surface area contributed by atoms with Crippen LogP contribution in [0, 0.1) is 0 Å². The summed E-state index contributed by atoms with van der Waals surface area (Å²) in [7, 11) is 0. The second kappa shape index (κ2) is 9.89. The summed E-state index contributed by atoms with van der Waals surface area (Å²) in [5.41, 5.74) is 4.18. The topological polar surface area (TPSA) is 58.5 Å². The third-order valence-corrected chi connectivity index (χ3v) is 7.18. The quantitative estimate of drug-likeness (QED) is 0.377. The van der Waals surface area contributed by atoms with E-state index in [1.54, 1.807) is 6.20 Å². The van der Waals surface area contributed by atoms with Gasteiger partial charge in [-0.1, -0.05) is 17.7 Å². The highest BCUT2D eigenvalue weighted by Gasteiger charge is 2.42. The van der Waals surface area contributed by atoms with Crippen molar-refractivity contribution in [2.24, 2.45) is 0 Å². The number of hydrogen-bond acceptors (Lipinski definition) is 5. The standard InChI is InChI=1S/C27H25ClN6OS/c28-19-6-11-24(30-18-19)33-13-3-5-23(33)26-25(22-4-1-2-12-29-22)31-27(36)34(26)21-9-7-20(8-10-21)32-14-16-35-17-15-32/h1-13,18,25-26H,14-17H2,(H,31,36)/t25-,26+/m1/s1. The summed E-state index contributed by atoms with van der Waals surface area (Å²) in [4.78, 5) is 13.7. The van der Waals surface area contributed by atoms with E-state index in [-0.39, 0.29) is 12.1 Å². The van der Waals surface area contributed by atoms with Gasteiger partial charge in [-0.25, -0.2) is 4.98 Å². The molecule has 1 N–H and O–H groups in total. The first-order chi connectivity index (χ1) is 17.7. The average molecular weight is 517 g/mol. The number of nitrogens with zero attached hydrogens (tertiary/aromatic N) is 5. The van der Waals surface area contributed by atoms with Crippen LogP contribution in [0.5, 0.6) is 0 Å². The molecule has 2 saturated heterocycles. The average Bonchev–Trinajstić information content (AvgIpc) is 3.54. The van der Waals surface area contributed by atoms with Gasteiger partial charge < -0.3 is 24.4 Å². The lowest BCUT2D eigenvalue weighted by Crippen LogP contribution is -2.36. The predicted octanol–water partition coefficient (Wildman–Crippen LogP) is 4.93. The van der Waals surface area contributed by atoms with Crippen molar-refractivity contribution in [2.75, 3.05) is 36.1 Å². The van der Waals surface area contributed by atoms with Crippen molar-refractivity contribution in [1.82, 2.24) is 19.9 Å². The molecule has 36 heavy (non-hydrogen) atoms. The number of anilines is 2. The first-order valence-electron chi connectivity index (χ1n) is 11.9. The van der Waals surface area contributed by atoms with Gasteiger partial charge >= 0.3 is 0 Å². The summed E-state index contributed by atoms with van der Waals surface area (Å²) >= 11 is 12.0. The highest BCUT2D eigenvalue weighted by molar-refractivity contribution is 7.80. The van der Waals surface area contributed by atoms with Crippen LogP contribution in [0.4, 0.5) is 11.4 Å². The van der Waals surface area contributed by atoms with Crippen LogP contribution < -0.4 is 15.1 Å². The summed E-state index contributed by atoms with van der Waals surface area (Å²) in [6.45, 7) is 3.31. The molecule has 2 aliphatic rings. The van der Waals surface area contributed by atoms with Crippen molar-refractivity contribution < 1.29 is 4.74 Å². The fourth-order valence-electron chi connectivity index (χ4n) is 4.93. The maximum atomic E-state index is 6.11. The molecular weight excluding hydrogens is 492 g/mol. The molecular formula is C27H25ClN6OS. The highest BCUT2D eigenvalue weighted by Crippen LogP contribution is 2.42. The summed E-state index contributed by atoms with van der Waals surface area (Å²) in [5.74, 6) is 0.791. The van der Waals surface area contributed by atoms with Gasteiger partial charge in [-0.15, -0.1) is 0 Å².